The fourth-order valence-electron chi connectivity index (χ4n) is 1.96. The molecule has 2 nitrogen and oxygen atoms in total. The van der Waals surface area contributed by atoms with Gasteiger partial charge in [-0.05, 0) is 36.8 Å². The molecule has 2 rings (SSSR count). The number of aliphatic hydroxyl groups is 1. The first-order valence-electron chi connectivity index (χ1n) is 6.25. The van der Waals surface area contributed by atoms with E-state index in [-0.39, 0.29) is 6.04 Å². The third-order valence-electron chi connectivity index (χ3n) is 2.85. The van der Waals surface area contributed by atoms with Crippen molar-refractivity contribution in [2.75, 3.05) is 18.6 Å². The predicted molar refractivity (Wildman–Crippen MR) is 92.5 cm³/mol. The van der Waals surface area contributed by atoms with Crippen LogP contribution in [-0.4, -0.2) is 29.3 Å². The Hall–Kier alpha value is -0.0400. The van der Waals surface area contributed by atoms with Crippen LogP contribution in [-0.2, 0) is 0 Å². The number of thiophene rings is 2. The summed E-state index contributed by atoms with van der Waals surface area (Å²) >= 11 is 11.0. The maximum Gasteiger partial charge on any atom is 0.0931 e. The van der Waals surface area contributed by atoms with E-state index in [0.717, 1.165) is 4.34 Å². The highest BCUT2D eigenvalue weighted by Crippen LogP contribution is 2.33. The van der Waals surface area contributed by atoms with E-state index in [0.29, 0.717) is 12.3 Å². The quantitative estimate of drug-likeness (QED) is 0.785. The molecule has 2 aromatic heterocycles. The lowest BCUT2D eigenvalue weighted by molar-refractivity contribution is 0.0830. The van der Waals surface area contributed by atoms with E-state index in [4.69, 9.17) is 11.6 Å². The molecular formula is C14H18ClNOS3. The van der Waals surface area contributed by atoms with Crippen LogP contribution >= 0.6 is 46.0 Å². The minimum Gasteiger partial charge on any atom is -0.388 e. The molecule has 0 aliphatic rings. The van der Waals surface area contributed by atoms with Crippen molar-refractivity contribution in [3.63, 3.8) is 0 Å². The smallest absolute Gasteiger partial charge is 0.0931 e. The number of rotatable bonds is 7. The molecule has 2 aromatic rings. The zero-order chi connectivity index (χ0) is 14.6. The van der Waals surface area contributed by atoms with Gasteiger partial charge >= 0.3 is 0 Å². The number of halogens is 1. The Bertz CT molecular complexity index is 524. The van der Waals surface area contributed by atoms with Gasteiger partial charge in [-0.15, -0.1) is 22.7 Å². The van der Waals surface area contributed by atoms with Crippen LogP contribution in [0.15, 0.2) is 29.6 Å². The Morgan fingerprint density at radius 3 is 2.75 bits per heavy atom. The van der Waals surface area contributed by atoms with Gasteiger partial charge < -0.3 is 10.4 Å². The fraction of sp³-hybridized carbons (Fsp3) is 0.429. The van der Waals surface area contributed by atoms with E-state index in [1.165, 1.54) is 9.75 Å². The number of thioether (sulfide) groups is 1. The predicted octanol–water partition coefficient (Wildman–Crippen LogP) is 4.26. The molecule has 0 fully saturated rings. The van der Waals surface area contributed by atoms with E-state index in [2.05, 4.69) is 16.8 Å². The van der Waals surface area contributed by atoms with Gasteiger partial charge in [0.2, 0.25) is 0 Å². The first-order chi connectivity index (χ1) is 9.52. The molecule has 0 aliphatic carbocycles. The first-order valence-corrected chi connectivity index (χ1v) is 9.72. The molecule has 0 saturated heterocycles. The van der Waals surface area contributed by atoms with Gasteiger partial charge in [-0.3, -0.25) is 0 Å². The van der Waals surface area contributed by atoms with Crippen LogP contribution in [0, 0.1) is 0 Å². The zero-order valence-corrected chi connectivity index (χ0v) is 14.6. The molecular weight excluding hydrogens is 330 g/mol. The van der Waals surface area contributed by atoms with Gasteiger partial charge in [0.1, 0.15) is 0 Å². The SMILES string of the molecule is CSCC(C)(O)CNC(c1cccs1)c1ccc(Cl)s1. The van der Waals surface area contributed by atoms with Crippen molar-refractivity contribution in [3.05, 3.63) is 43.7 Å². The van der Waals surface area contributed by atoms with Crippen molar-refractivity contribution in [2.24, 2.45) is 0 Å². The van der Waals surface area contributed by atoms with Gasteiger partial charge in [0.15, 0.2) is 0 Å². The molecule has 0 amide bonds. The van der Waals surface area contributed by atoms with Gasteiger partial charge in [0, 0.05) is 22.1 Å². The number of nitrogens with one attached hydrogen (secondary N) is 1. The monoisotopic (exact) mass is 347 g/mol. The largest absolute Gasteiger partial charge is 0.388 e. The molecule has 2 N–H and O–H groups in total. The van der Waals surface area contributed by atoms with Gasteiger partial charge in [-0.2, -0.15) is 11.8 Å². The molecule has 0 spiro atoms. The standard InChI is InChI=1S/C14H18ClNOS3/c1-14(17,9-18-2)8-16-13(10-4-3-7-19-10)11-5-6-12(15)20-11/h3-7,13,16-17H,8-9H2,1-2H3. The maximum atomic E-state index is 10.3. The second-order valence-electron chi connectivity index (χ2n) is 4.90. The van der Waals surface area contributed by atoms with Crippen LogP contribution < -0.4 is 5.32 Å². The number of hydrogen-bond acceptors (Lipinski definition) is 5. The summed E-state index contributed by atoms with van der Waals surface area (Å²) in [5.74, 6) is 0.711. The Kier molecular flexibility index (Phi) is 5.95. The van der Waals surface area contributed by atoms with Crippen molar-refractivity contribution >= 4 is 46.0 Å². The van der Waals surface area contributed by atoms with E-state index in [1.807, 2.05) is 31.4 Å². The van der Waals surface area contributed by atoms with Crippen molar-refractivity contribution in [1.29, 1.82) is 0 Å². The van der Waals surface area contributed by atoms with E-state index < -0.39 is 5.60 Å². The Labute approximate surface area is 137 Å². The van der Waals surface area contributed by atoms with Gasteiger partial charge in [0.25, 0.3) is 0 Å². The molecule has 110 valence electrons. The van der Waals surface area contributed by atoms with Gasteiger partial charge in [-0.25, -0.2) is 0 Å². The van der Waals surface area contributed by atoms with Crippen molar-refractivity contribution < 1.29 is 5.11 Å². The lowest BCUT2D eigenvalue weighted by Crippen LogP contribution is -2.41. The molecule has 2 atom stereocenters. The van der Waals surface area contributed by atoms with Gasteiger partial charge in [-0.1, -0.05) is 17.7 Å². The summed E-state index contributed by atoms with van der Waals surface area (Å²) in [6, 6.07) is 8.22. The second kappa shape index (κ2) is 7.29. The van der Waals surface area contributed by atoms with Crippen LogP contribution in [0.5, 0.6) is 0 Å². The molecule has 2 heterocycles. The first kappa shape index (κ1) is 16.3. The van der Waals surface area contributed by atoms with Crippen molar-refractivity contribution in [1.82, 2.24) is 5.32 Å². The third kappa shape index (κ3) is 4.48. The summed E-state index contributed by atoms with van der Waals surface area (Å²) in [7, 11) is 0. The Morgan fingerprint density at radius 2 is 2.20 bits per heavy atom. The minimum atomic E-state index is -0.712. The van der Waals surface area contributed by atoms with Crippen LogP contribution in [0.25, 0.3) is 0 Å². The highest BCUT2D eigenvalue weighted by Gasteiger charge is 2.24. The second-order valence-corrected chi connectivity index (χ2v) is 8.49. The molecule has 2 unspecified atom stereocenters. The zero-order valence-electron chi connectivity index (χ0n) is 11.4. The molecule has 6 heteroatoms. The highest BCUT2D eigenvalue weighted by molar-refractivity contribution is 7.98. The van der Waals surface area contributed by atoms with Gasteiger partial charge in [0.05, 0.1) is 16.0 Å². The van der Waals surface area contributed by atoms with Crippen LogP contribution in [0.2, 0.25) is 4.34 Å². The maximum absolute atomic E-state index is 10.3. The Balaban J connectivity index is 2.12. The van der Waals surface area contributed by atoms with Crippen molar-refractivity contribution in [2.45, 2.75) is 18.6 Å². The summed E-state index contributed by atoms with van der Waals surface area (Å²) in [6.07, 6.45) is 2.00. The van der Waals surface area contributed by atoms with E-state index >= 15 is 0 Å². The number of hydrogen-bond donors (Lipinski definition) is 2. The minimum absolute atomic E-state index is 0.0980. The Morgan fingerprint density at radius 1 is 1.40 bits per heavy atom. The summed E-state index contributed by atoms with van der Waals surface area (Å²) < 4.78 is 0.791. The topological polar surface area (TPSA) is 32.3 Å². The van der Waals surface area contributed by atoms with E-state index in [9.17, 15) is 5.11 Å². The summed E-state index contributed by atoms with van der Waals surface area (Å²) in [6.45, 7) is 2.41. The average molecular weight is 348 g/mol. The molecule has 20 heavy (non-hydrogen) atoms. The molecule has 0 radical (unpaired) electrons. The summed E-state index contributed by atoms with van der Waals surface area (Å²) in [4.78, 5) is 2.42. The summed E-state index contributed by atoms with van der Waals surface area (Å²) in [5.41, 5.74) is -0.712. The van der Waals surface area contributed by atoms with E-state index in [1.54, 1.807) is 34.4 Å². The molecule has 0 bridgehead atoms. The van der Waals surface area contributed by atoms with Crippen LogP contribution in [0.1, 0.15) is 22.7 Å². The summed E-state index contributed by atoms with van der Waals surface area (Å²) in [5, 5.41) is 15.9. The highest BCUT2D eigenvalue weighted by atomic mass is 35.5. The average Bonchev–Trinajstić information content (AvgIpc) is 3.01. The van der Waals surface area contributed by atoms with Crippen molar-refractivity contribution in [3.8, 4) is 0 Å². The molecule has 0 aromatic carbocycles. The normalized spacial score (nSPS) is 16.0. The molecule has 0 saturated carbocycles. The fourth-order valence-corrected chi connectivity index (χ4v) is 4.74. The van der Waals surface area contributed by atoms with Crippen LogP contribution in [0.3, 0.4) is 0 Å². The lowest BCUT2D eigenvalue weighted by atomic mass is 10.1. The third-order valence-corrected chi connectivity index (χ3v) is 5.99. The lowest BCUT2D eigenvalue weighted by Gasteiger charge is -2.26. The molecule has 0 aliphatic heterocycles. The van der Waals surface area contributed by atoms with Crippen LogP contribution in [0.4, 0.5) is 0 Å².